The summed E-state index contributed by atoms with van der Waals surface area (Å²) in [5.41, 5.74) is 2.32. The Balaban J connectivity index is 2.42. The van der Waals surface area contributed by atoms with Crippen molar-refractivity contribution in [3.63, 3.8) is 0 Å². The van der Waals surface area contributed by atoms with Crippen LogP contribution in [-0.2, 0) is 0 Å². The van der Waals surface area contributed by atoms with Crippen LogP contribution in [0.2, 0.25) is 0 Å². The summed E-state index contributed by atoms with van der Waals surface area (Å²) in [6.07, 6.45) is 1.89. The third kappa shape index (κ3) is 2.67. The lowest BCUT2D eigenvalue weighted by Crippen LogP contribution is -2.17. The molecule has 0 saturated carbocycles. The third-order valence-corrected chi connectivity index (χ3v) is 3.18. The molecule has 0 fully saturated rings. The summed E-state index contributed by atoms with van der Waals surface area (Å²) in [4.78, 5) is 6.69. The predicted molar refractivity (Wildman–Crippen MR) is 75.8 cm³/mol. The molecular weight excluding hydrogens is 276 g/mol. The van der Waals surface area contributed by atoms with Crippen molar-refractivity contribution >= 4 is 27.4 Å². The van der Waals surface area contributed by atoms with E-state index in [1.54, 1.807) is 0 Å². The minimum atomic E-state index is 0.888. The van der Waals surface area contributed by atoms with Crippen molar-refractivity contribution in [3.8, 4) is 0 Å². The molecule has 1 aromatic heterocycles. The van der Waals surface area contributed by atoms with Crippen molar-refractivity contribution in [3.05, 3.63) is 52.6 Å². The molecule has 0 aliphatic rings. The number of nitrogens with zero attached hydrogens (tertiary/aromatic N) is 2. The first-order chi connectivity index (χ1) is 8.22. The lowest BCUT2D eigenvalue weighted by Gasteiger charge is -2.23. The summed E-state index contributed by atoms with van der Waals surface area (Å²) in [6, 6.07) is 12.4. The quantitative estimate of drug-likeness (QED) is 0.837. The van der Waals surface area contributed by atoms with Gasteiger partial charge in [-0.25, -0.2) is 4.98 Å². The van der Waals surface area contributed by atoms with Gasteiger partial charge in [-0.3, -0.25) is 0 Å². The van der Waals surface area contributed by atoms with Crippen molar-refractivity contribution in [2.75, 3.05) is 11.4 Å². The zero-order valence-electron chi connectivity index (χ0n) is 10.0. The lowest BCUT2D eigenvalue weighted by atomic mass is 10.2. The number of rotatable bonds is 3. The third-order valence-electron chi connectivity index (χ3n) is 2.60. The van der Waals surface area contributed by atoms with Gasteiger partial charge >= 0.3 is 0 Å². The zero-order valence-corrected chi connectivity index (χ0v) is 11.6. The van der Waals surface area contributed by atoms with Gasteiger partial charge in [0, 0.05) is 18.4 Å². The molecule has 0 N–H and O–H groups in total. The van der Waals surface area contributed by atoms with E-state index in [1.807, 2.05) is 31.3 Å². The number of anilines is 2. The van der Waals surface area contributed by atoms with Crippen LogP contribution in [0.3, 0.4) is 0 Å². The van der Waals surface area contributed by atoms with Gasteiger partial charge in [0.1, 0.15) is 5.82 Å². The highest BCUT2D eigenvalue weighted by Gasteiger charge is 2.11. The molecule has 2 rings (SSSR count). The van der Waals surface area contributed by atoms with E-state index in [0.29, 0.717) is 0 Å². The molecular formula is C14H15BrN2. The number of hydrogen-bond acceptors (Lipinski definition) is 2. The van der Waals surface area contributed by atoms with E-state index in [1.165, 1.54) is 0 Å². The second-order valence-electron chi connectivity index (χ2n) is 3.90. The molecule has 0 aliphatic heterocycles. The van der Waals surface area contributed by atoms with Crippen molar-refractivity contribution in [1.29, 1.82) is 0 Å². The number of benzene rings is 1. The van der Waals surface area contributed by atoms with Crippen LogP contribution in [0, 0.1) is 6.92 Å². The second-order valence-corrected chi connectivity index (χ2v) is 4.75. The molecule has 0 unspecified atom stereocenters. The summed E-state index contributed by atoms with van der Waals surface area (Å²) in [7, 11) is 0. The monoisotopic (exact) mass is 290 g/mol. The van der Waals surface area contributed by atoms with Gasteiger partial charge in [-0.15, -0.1) is 0 Å². The maximum Gasteiger partial charge on any atom is 0.147 e. The number of pyridine rings is 1. The highest BCUT2D eigenvalue weighted by atomic mass is 79.9. The minimum Gasteiger partial charge on any atom is -0.326 e. The van der Waals surface area contributed by atoms with E-state index in [2.05, 4.69) is 50.9 Å². The van der Waals surface area contributed by atoms with E-state index in [9.17, 15) is 0 Å². The summed E-state index contributed by atoms with van der Waals surface area (Å²) < 4.78 is 1.03. The van der Waals surface area contributed by atoms with E-state index in [0.717, 1.165) is 28.1 Å². The van der Waals surface area contributed by atoms with Crippen LogP contribution in [0.15, 0.2) is 47.1 Å². The van der Waals surface area contributed by atoms with E-state index < -0.39 is 0 Å². The molecule has 17 heavy (non-hydrogen) atoms. The molecule has 0 radical (unpaired) electrons. The predicted octanol–water partition coefficient (Wildman–Crippen LogP) is 4.31. The van der Waals surface area contributed by atoms with Crippen LogP contribution < -0.4 is 4.90 Å². The van der Waals surface area contributed by atoms with Crippen LogP contribution in [0.25, 0.3) is 0 Å². The fraction of sp³-hybridized carbons (Fsp3) is 0.214. The van der Waals surface area contributed by atoms with Gasteiger partial charge < -0.3 is 4.90 Å². The first-order valence-corrected chi connectivity index (χ1v) is 6.46. The Hall–Kier alpha value is -1.35. The van der Waals surface area contributed by atoms with E-state index in [4.69, 9.17) is 0 Å². The highest BCUT2D eigenvalue weighted by molar-refractivity contribution is 9.10. The second kappa shape index (κ2) is 5.32. The molecule has 88 valence electrons. The Bertz CT molecular complexity index is 497. The first-order valence-electron chi connectivity index (χ1n) is 5.67. The molecule has 1 heterocycles. The fourth-order valence-electron chi connectivity index (χ4n) is 1.79. The van der Waals surface area contributed by atoms with Crippen LogP contribution in [0.5, 0.6) is 0 Å². The average molecular weight is 291 g/mol. The normalized spacial score (nSPS) is 10.3. The highest BCUT2D eigenvalue weighted by Crippen LogP contribution is 2.30. The molecule has 0 saturated heterocycles. The summed E-state index contributed by atoms with van der Waals surface area (Å²) in [5.74, 6) is 0.962. The summed E-state index contributed by atoms with van der Waals surface area (Å²) in [6.45, 7) is 5.06. The van der Waals surface area contributed by atoms with Gasteiger partial charge in [0.15, 0.2) is 0 Å². The smallest absolute Gasteiger partial charge is 0.147 e. The summed E-state index contributed by atoms with van der Waals surface area (Å²) in [5, 5.41) is 0. The number of halogens is 1. The number of aromatic nitrogens is 1. The van der Waals surface area contributed by atoms with Crippen molar-refractivity contribution in [2.45, 2.75) is 13.8 Å². The van der Waals surface area contributed by atoms with Crippen molar-refractivity contribution < 1.29 is 0 Å². The maximum absolute atomic E-state index is 4.50. The molecule has 0 amide bonds. The Labute approximate surface area is 110 Å². The molecule has 2 nitrogen and oxygen atoms in total. The van der Waals surface area contributed by atoms with E-state index in [-0.39, 0.29) is 0 Å². The van der Waals surface area contributed by atoms with Gasteiger partial charge in [-0.2, -0.15) is 0 Å². The standard InChI is InChI=1S/C14H15BrN2/c1-3-17(12-7-5-4-6-8-12)14-13(15)9-11(2)10-16-14/h4-10H,3H2,1-2H3. The molecule has 3 heteroatoms. The SMILES string of the molecule is CCN(c1ccccc1)c1ncc(C)cc1Br. The fourth-order valence-corrected chi connectivity index (χ4v) is 2.47. The summed E-state index contributed by atoms with van der Waals surface area (Å²) >= 11 is 3.58. The molecule has 0 aliphatic carbocycles. The van der Waals surface area contributed by atoms with Crippen LogP contribution >= 0.6 is 15.9 Å². The maximum atomic E-state index is 4.50. The van der Waals surface area contributed by atoms with Gasteiger partial charge in [0.2, 0.25) is 0 Å². The Kier molecular flexibility index (Phi) is 3.79. The van der Waals surface area contributed by atoms with Gasteiger partial charge in [0.05, 0.1) is 4.47 Å². The van der Waals surface area contributed by atoms with Crippen molar-refractivity contribution in [1.82, 2.24) is 4.98 Å². The Morgan fingerprint density at radius 1 is 1.24 bits per heavy atom. The molecule has 0 atom stereocenters. The lowest BCUT2D eigenvalue weighted by molar-refractivity contribution is 0.981. The molecule has 0 bridgehead atoms. The number of hydrogen-bond donors (Lipinski definition) is 0. The van der Waals surface area contributed by atoms with Crippen molar-refractivity contribution in [2.24, 2.45) is 0 Å². The van der Waals surface area contributed by atoms with Gasteiger partial charge in [-0.05, 0) is 53.5 Å². The van der Waals surface area contributed by atoms with E-state index >= 15 is 0 Å². The van der Waals surface area contributed by atoms with Crippen LogP contribution in [-0.4, -0.2) is 11.5 Å². The first kappa shape index (κ1) is 12.1. The molecule has 2 aromatic rings. The largest absolute Gasteiger partial charge is 0.326 e. The zero-order chi connectivity index (χ0) is 12.3. The Morgan fingerprint density at radius 3 is 2.53 bits per heavy atom. The Morgan fingerprint density at radius 2 is 1.94 bits per heavy atom. The van der Waals surface area contributed by atoms with Gasteiger partial charge in [-0.1, -0.05) is 18.2 Å². The van der Waals surface area contributed by atoms with Gasteiger partial charge in [0.25, 0.3) is 0 Å². The topological polar surface area (TPSA) is 16.1 Å². The van der Waals surface area contributed by atoms with Crippen LogP contribution in [0.1, 0.15) is 12.5 Å². The number of aryl methyl sites for hydroxylation is 1. The van der Waals surface area contributed by atoms with Crippen LogP contribution in [0.4, 0.5) is 11.5 Å². The minimum absolute atomic E-state index is 0.888. The average Bonchev–Trinajstić information content (AvgIpc) is 2.34. The number of para-hydroxylation sites is 1. The molecule has 1 aromatic carbocycles. The molecule has 0 spiro atoms.